The second-order valence-corrected chi connectivity index (χ2v) is 3.97. The summed E-state index contributed by atoms with van der Waals surface area (Å²) in [7, 11) is 0. The van der Waals surface area contributed by atoms with Crippen LogP contribution in [0.15, 0.2) is 0 Å². The Kier molecular flexibility index (Phi) is 3.48. The maximum atomic E-state index is 10.5. The first kappa shape index (κ1) is 9.16. The third-order valence-electron chi connectivity index (χ3n) is 2.27. The molecule has 2 unspecified atom stereocenters. The lowest BCUT2D eigenvalue weighted by atomic mass is 9.97. The Bertz CT molecular complexity index is 151. The maximum absolute atomic E-state index is 10.5. The molecule has 1 heterocycles. The highest BCUT2D eigenvalue weighted by molar-refractivity contribution is 7.76. The fraction of sp³-hybridized carbons (Fsp3) is 1.00. The van der Waals surface area contributed by atoms with E-state index in [-0.39, 0.29) is 0 Å². The Labute approximate surface area is 70.2 Å². The average Bonchev–Trinajstić information content (AvgIpc) is 2.05. The van der Waals surface area contributed by atoms with Gasteiger partial charge in [0.05, 0.1) is 0 Å². The summed E-state index contributed by atoms with van der Waals surface area (Å²) in [5.41, 5.74) is 0. The van der Waals surface area contributed by atoms with Gasteiger partial charge in [0.15, 0.2) is 0 Å². The highest BCUT2D eigenvalue weighted by Gasteiger charge is 2.18. The molecule has 0 amide bonds. The number of hydrogen-bond donors (Lipinski definition) is 0. The first-order valence-electron chi connectivity index (χ1n) is 4.08. The molecule has 2 atom stereocenters. The van der Waals surface area contributed by atoms with E-state index >= 15 is 0 Å². The summed E-state index contributed by atoms with van der Waals surface area (Å²) < 4.78 is 22.6. The van der Waals surface area contributed by atoms with Crippen LogP contribution in [-0.2, 0) is 11.3 Å². The normalized spacial score (nSPS) is 30.2. The van der Waals surface area contributed by atoms with Crippen molar-refractivity contribution in [2.24, 2.45) is 5.92 Å². The van der Waals surface area contributed by atoms with Crippen molar-refractivity contribution in [2.75, 3.05) is 13.1 Å². The minimum Gasteiger partial charge on any atom is -0.760 e. The summed E-state index contributed by atoms with van der Waals surface area (Å²) >= 11 is -1.99. The fourth-order valence-corrected chi connectivity index (χ4v) is 2.11. The van der Waals surface area contributed by atoms with Crippen molar-refractivity contribution in [1.82, 2.24) is 4.31 Å². The Hall–Kier alpha value is 0.0700. The largest absolute Gasteiger partial charge is 0.760 e. The summed E-state index contributed by atoms with van der Waals surface area (Å²) in [6, 6.07) is 0. The molecular formula is C7H14NO2S-. The van der Waals surface area contributed by atoms with Crippen molar-refractivity contribution < 1.29 is 8.76 Å². The molecule has 1 aliphatic rings. The second-order valence-electron chi connectivity index (χ2n) is 3.02. The van der Waals surface area contributed by atoms with E-state index in [2.05, 4.69) is 6.92 Å². The highest BCUT2D eigenvalue weighted by Crippen LogP contribution is 2.19. The number of piperidine rings is 1. The minimum absolute atomic E-state index is 0.585. The van der Waals surface area contributed by atoms with Crippen molar-refractivity contribution in [3.8, 4) is 0 Å². The minimum atomic E-state index is -1.99. The molecule has 0 aromatic heterocycles. The predicted octanol–water partition coefficient (Wildman–Crippen LogP) is 0.903. The molecule has 0 bridgehead atoms. The van der Waals surface area contributed by atoms with Crippen LogP contribution in [0, 0.1) is 5.92 Å². The lowest BCUT2D eigenvalue weighted by Gasteiger charge is -2.32. The average molecular weight is 176 g/mol. The molecule has 66 valence electrons. The molecule has 3 nitrogen and oxygen atoms in total. The third kappa shape index (κ3) is 2.54. The van der Waals surface area contributed by atoms with Crippen LogP contribution in [0.25, 0.3) is 0 Å². The molecular weight excluding hydrogens is 162 g/mol. The topological polar surface area (TPSA) is 43.4 Å². The van der Waals surface area contributed by atoms with E-state index in [1.165, 1.54) is 10.7 Å². The second kappa shape index (κ2) is 4.18. The van der Waals surface area contributed by atoms with Crippen molar-refractivity contribution in [1.29, 1.82) is 0 Å². The Morgan fingerprint density at radius 3 is 3.00 bits per heavy atom. The zero-order valence-corrected chi connectivity index (χ0v) is 7.60. The van der Waals surface area contributed by atoms with E-state index < -0.39 is 11.3 Å². The monoisotopic (exact) mass is 176 g/mol. The van der Waals surface area contributed by atoms with Gasteiger partial charge in [-0.2, -0.15) is 0 Å². The number of nitrogens with zero attached hydrogens (tertiary/aromatic N) is 1. The van der Waals surface area contributed by atoms with E-state index in [0.29, 0.717) is 12.5 Å². The predicted molar refractivity (Wildman–Crippen MR) is 43.5 cm³/mol. The number of hydrogen-bond acceptors (Lipinski definition) is 2. The van der Waals surface area contributed by atoms with Gasteiger partial charge in [0.25, 0.3) is 0 Å². The Morgan fingerprint density at radius 2 is 2.45 bits per heavy atom. The van der Waals surface area contributed by atoms with Gasteiger partial charge in [-0.1, -0.05) is 13.3 Å². The first-order valence-corrected chi connectivity index (χ1v) is 5.11. The summed E-state index contributed by atoms with van der Waals surface area (Å²) in [5, 5.41) is 0. The quantitative estimate of drug-likeness (QED) is 0.587. The molecule has 1 rings (SSSR count). The van der Waals surface area contributed by atoms with E-state index in [0.717, 1.165) is 19.4 Å². The zero-order chi connectivity index (χ0) is 8.27. The molecule has 0 aromatic carbocycles. The summed E-state index contributed by atoms with van der Waals surface area (Å²) in [6.45, 7) is 3.56. The van der Waals surface area contributed by atoms with Crippen LogP contribution in [-0.4, -0.2) is 26.2 Å². The van der Waals surface area contributed by atoms with E-state index in [4.69, 9.17) is 0 Å². The molecule has 0 N–H and O–H groups in total. The molecule has 0 saturated carbocycles. The summed E-state index contributed by atoms with van der Waals surface area (Å²) in [5.74, 6) is 0.585. The van der Waals surface area contributed by atoms with E-state index in [1.807, 2.05) is 0 Å². The van der Waals surface area contributed by atoms with Gasteiger partial charge in [0, 0.05) is 24.4 Å². The van der Waals surface area contributed by atoms with Gasteiger partial charge in [-0.3, -0.25) is 4.21 Å². The smallest absolute Gasteiger partial charge is 0.0209 e. The van der Waals surface area contributed by atoms with Crippen molar-refractivity contribution in [2.45, 2.75) is 26.2 Å². The molecule has 0 aliphatic carbocycles. The van der Waals surface area contributed by atoms with Crippen LogP contribution >= 0.6 is 0 Å². The van der Waals surface area contributed by atoms with Crippen LogP contribution in [0.5, 0.6) is 0 Å². The van der Waals surface area contributed by atoms with Crippen molar-refractivity contribution in [3.63, 3.8) is 0 Å². The molecule has 0 spiro atoms. The van der Waals surface area contributed by atoms with Crippen LogP contribution in [0.1, 0.15) is 26.2 Å². The van der Waals surface area contributed by atoms with Gasteiger partial charge in [0.2, 0.25) is 0 Å². The van der Waals surface area contributed by atoms with Crippen LogP contribution in [0.3, 0.4) is 0 Å². The van der Waals surface area contributed by atoms with Gasteiger partial charge < -0.3 is 4.55 Å². The lowest BCUT2D eigenvalue weighted by Crippen LogP contribution is -2.36. The Balaban J connectivity index is 2.39. The zero-order valence-electron chi connectivity index (χ0n) is 6.78. The standard InChI is InChI=1S/C7H15NO2S/c1-2-7-4-3-5-8(6-7)11(9)10/h7H,2-6H2,1H3,(H,9,10)/p-1. The van der Waals surface area contributed by atoms with Crippen LogP contribution < -0.4 is 0 Å². The molecule has 4 heteroatoms. The van der Waals surface area contributed by atoms with Gasteiger partial charge in [-0.05, 0) is 18.8 Å². The summed E-state index contributed by atoms with van der Waals surface area (Å²) in [4.78, 5) is 0. The summed E-state index contributed by atoms with van der Waals surface area (Å²) in [6.07, 6.45) is 3.30. The van der Waals surface area contributed by atoms with Gasteiger partial charge >= 0.3 is 0 Å². The third-order valence-corrected chi connectivity index (χ3v) is 3.02. The first-order chi connectivity index (χ1) is 5.24. The Morgan fingerprint density at radius 1 is 1.73 bits per heavy atom. The lowest BCUT2D eigenvalue weighted by molar-refractivity contribution is 0.255. The van der Waals surface area contributed by atoms with Crippen molar-refractivity contribution in [3.05, 3.63) is 0 Å². The van der Waals surface area contributed by atoms with Gasteiger partial charge in [0.1, 0.15) is 0 Å². The van der Waals surface area contributed by atoms with Crippen LogP contribution in [0.4, 0.5) is 0 Å². The molecule has 1 fully saturated rings. The van der Waals surface area contributed by atoms with E-state index in [9.17, 15) is 8.76 Å². The van der Waals surface area contributed by atoms with Crippen LogP contribution in [0.2, 0.25) is 0 Å². The van der Waals surface area contributed by atoms with Gasteiger partial charge in [-0.15, -0.1) is 0 Å². The SMILES string of the molecule is CCC1CCCN(S(=O)[O-])C1. The molecule has 0 radical (unpaired) electrons. The number of rotatable bonds is 2. The van der Waals surface area contributed by atoms with Crippen molar-refractivity contribution >= 4 is 11.3 Å². The van der Waals surface area contributed by atoms with E-state index in [1.54, 1.807) is 0 Å². The maximum Gasteiger partial charge on any atom is 0.0209 e. The molecule has 0 aromatic rings. The fourth-order valence-electron chi connectivity index (χ4n) is 1.50. The molecule has 11 heavy (non-hydrogen) atoms. The van der Waals surface area contributed by atoms with Gasteiger partial charge in [-0.25, -0.2) is 4.31 Å². The molecule has 1 aliphatic heterocycles. The highest BCUT2D eigenvalue weighted by atomic mass is 32.2. The molecule has 1 saturated heterocycles.